The summed E-state index contributed by atoms with van der Waals surface area (Å²) in [7, 11) is 0. The minimum absolute atomic E-state index is 0.268. The third-order valence-electron chi connectivity index (χ3n) is 4.40. The summed E-state index contributed by atoms with van der Waals surface area (Å²) in [5.41, 5.74) is 2.74. The number of hydrogen-bond acceptors (Lipinski definition) is 2. The average Bonchev–Trinajstić information content (AvgIpc) is 2.77. The van der Waals surface area contributed by atoms with Crippen molar-refractivity contribution in [3.8, 4) is 0 Å². The molecule has 120 valence electrons. The van der Waals surface area contributed by atoms with E-state index >= 15 is 0 Å². The third kappa shape index (κ3) is 3.70. The van der Waals surface area contributed by atoms with E-state index in [1.54, 1.807) is 0 Å². The molecule has 0 bridgehead atoms. The molecule has 1 nitrogen and oxygen atoms in total. The third-order valence-corrected chi connectivity index (χ3v) is 5.79. The van der Waals surface area contributed by atoms with E-state index in [1.807, 2.05) is 11.8 Å². The van der Waals surface area contributed by atoms with Gasteiger partial charge in [-0.25, -0.2) is 0 Å². The summed E-state index contributed by atoms with van der Waals surface area (Å²) in [6, 6.07) is 20.4. The minimum atomic E-state index is 0.268. The number of nitrogens with one attached hydrogen (secondary N) is 1. The Hall–Kier alpha value is -1.51. The van der Waals surface area contributed by atoms with Gasteiger partial charge in [-0.15, -0.1) is 11.8 Å². The SMILES string of the molecule is CC/C=C/C1Sc2ccccc2C(c2ccccc2)NC1CC. The van der Waals surface area contributed by atoms with Crippen molar-refractivity contribution in [2.75, 3.05) is 0 Å². The van der Waals surface area contributed by atoms with Gasteiger partial charge < -0.3 is 5.32 Å². The highest BCUT2D eigenvalue weighted by molar-refractivity contribution is 8.00. The quantitative estimate of drug-likeness (QED) is 0.737. The van der Waals surface area contributed by atoms with Gasteiger partial charge in [0.25, 0.3) is 0 Å². The molecule has 0 saturated carbocycles. The van der Waals surface area contributed by atoms with Gasteiger partial charge >= 0.3 is 0 Å². The Labute approximate surface area is 144 Å². The molecule has 2 heteroatoms. The van der Waals surface area contributed by atoms with Crippen LogP contribution in [0.3, 0.4) is 0 Å². The van der Waals surface area contributed by atoms with Crippen molar-refractivity contribution in [1.82, 2.24) is 5.32 Å². The molecule has 0 aromatic heterocycles. The van der Waals surface area contributed by atoms with Crippen LogP contribution in [0.5, 0.6) is 0 Å². The van der Waals surface area contributed by atoms with E-state index < -0.39 is 0 Å². The molecule has 0 radical (unpaired) electrons. The molecule has 2 aromatic carbocycles. The Morgan fingerprint density at radius 3 is 2.48 bits per heavy atom. The maximum Gasteiger partial charge on any atom is 0.0590 e. The summed E-state index contributed by atoms with van der Waals surface area (Å²) in [5, 5.41) is 4.41. The largest absolute Gasteiger partial charge is 0.302 e. The van der Waals surface area contributed by atoms with Crippen molar-refractivity contribution in [3.05, 3.63) is 77.9 Å². The van der Waals surface area contributed by atoms with E-state index in [0.717, 1.165) is 12.8 Å². The fourth-order valence-corrected chi connectivity index (χ4v) is 4.57. The summed E-state index contributed by atoms with van der Waals surface area (Å²) in [6.07, 6.45) is 6.91. The van der Waals surface area contributed by atoms with Crippen LogP contribution in [-0.4, -0.2) is 11.3 Å². The fraction of sp³-hybridized carbons (Fsp3) is 0.333. The lowest BCUT2D eigenvalue weighted by molar-refractivity contribution is 0.470. The van der Waals surface area contributed by atoms with E-state index in [2.05, 4.69) is 85.9 Å². The summed E-state index contributed by atoms with van der Waals surface area (Å²) in [5.74, 6) is 0. The van der Waals surface area contributed by atoms with E-state index in [1.165, 1.54) is 16.0 Å². The van der Waals surface area contributed by atoms with E-state index in [4.69, 9.17) is 0 Å². The first-order valence-electron chi connectivity index (χ1n) is 8.56. The highest BCUT2D eigenvalue weighted by Gasteiger charge is 2.29. The second kappa shape index (κ2) is 7.85. The molecule has 1 aliphatic heterocycles. The highest BCUT2D eigenvalue weighted by atomic mass is 32.2. The molecule has 1 heterocycles. The molecular weight excluding hydrogens is 298 g/mol. The summed E-state index contributed by atoms with van der Waals surface area (Å²) in [4.78, 5) is 1.40. The lowest BCUT2D eigenvalue weighted by Crippen LogP contribution is -2.38. The van der Waals surface area contributed by atoms with Crippen molar-refractivity contribution < 1.29 is 0 Å². The second-order valence-corrected chi connectivity index (χ2v) is 7.20. The Bertz CT molecular complexity index is 650. The van der Waals surface area contributed by atoms with Crippen molar-refractivity contribution in [3.63, 3.8) is 0 Å². The van der Waals surface area contributed by atoms with Crippen molar-refractivity contribution in [2.24, 2.45) is 0 Å². The molecule has 0 spiro atoms. The summed E-state index contributed by atoms with van der Waals surface area (Å²) < 4.78 is 0. The Balaban J connectivity index is 2.03. The van der Waals surface area contributed by atoms with Crippen molar-refractivity contribution in [2.45, 2.75) is 48.9 Å². The second-order valence-electron chi connectivity index (χ2n) is 5.98. The van der Waals surface area contributed by atoms with Crippen LogP contribution in [0.4, 0.5) is 0 Å². The van der Waals surface area contributed by atoms with Crippen LogP contribution >= 0.6 is 11.8 Å². The number of fused-ring (bicyclic) bond motifs is 1. The van der Waals surface area contributed by atoms with Gasteiger partial charge in [0.2, 0.25) is 0 Å². The van der Waals surface area contributed by atoms with Gasteiger partial charge in [-0.05, 0) is 30.0 Å². The Kier molecular flexibility index (Phi) is 5.58. The first-order chi connectivity index (χ1) is 11.3. The molecule has 3 unspecified atom stereocenters. The predicted octanol–water partition coefficient (Wildman–Crippen LogP) is 5.58. The topological polar surface area (TPSA) is 12.0 Å². The number of allylic oxidation sites excluding steroid dienone is 1. The molecule has 0 saturated heterocycles. The zero-order chi connectivity index (χ0) is 16.1. The zero-order valence-corrected chi connectivity index (χ0v) is 14.7. The van der Waals surface area contributed by atoms with Gasteiger partial charge in [-0.3, -0.25) is 0 Å². The lowest BCUT2D eigenvalue weighted by Gasteiger charge is -2.26. The molecular formula is C21H25NS. The number of benzene rings is 2. The van der Waals surface area contributed by atoms with Gasteiger partial charge in [-0.2, -0.15) is 0 Å². The van der Waals surface area contributed by atoms with Gasteiger partial charge in [0.15, 0.2) is 0 Å². The van der Waals surface area contributed by atoms with Crippen LogP contribution in [0.1, 0.15) is 43.9 Å². The van der Waals surface area contributed by atoms with Crippen LogP contribution in [0.25, 0.3) is 0 Å². The predicted molar refractivity (Wildman–Crippen MR) is 101 cm³/mol. The van der Waals surface area contributed by atoms with Gasteiger partial charge in [0.1, 0.15) is 0 Å². The monoisotopic (exact) mass is 323 g/mol. The zero-order valence-electron chi connectivity index (χ0n) is 13.9. The van der Waals surface area contributed by atoms with Gasteiger partial charge in [-0.1, -0.05) is 74.5 Å². The highest BCUT2D eigenvalue weighted by Crippen LogP contribution is 2.39. The normalized spacial score (nSPS) is 24.3. The Morgan fingerprint density at radius 1 is 1.00 bits per heavy atom. The average molecular weight is 324 g/mol. The number of rotatable bonds is 4. The molecule has 3 atom stereocenters. The molecule has 0 aliphatic carbocycles. The molecule has 3 rings (SSSR count). The fourth-order valence-electron chi connectivity index (χ4n) is 3.17. The van der Waals surface area contributed by atoms with Gasteiger partial charge in [0, 0.05) is 16.2 Å². The lowest BCUT2D eigenvalue weighted by atomic mass is 9.97. The molecule has 0 fully saturated rings. The molecule has 1 N–H and O–H groups in total. The maximum atomic E-state index is 3.93. The van der Waals surface area contributed by atoms with Crippen LogP contribution in [0.2, 0.25) is 0 Å². The first-order valence-corrected chi connectivity index (χ1v) is 9.44. The maximum absolute atomic E-state index is 3.93. The summed E-state index contributed by atoms with van der Waals surface area (Å²) >= 11 is 2.00. The van der Waals surface area contributed by atoms with Crippen LogP contribution in [-0.2, 0) is 0 Å². The van der Waals surface area contributed by atoms with Crippen molar-refractivity contribution in [1.29, 1.82) is 0 Å². The molecule has 0 amide bonds. The summed E-state index contributed by atoms with van der Waals surface area (Å²) in [6.45, 7) is 4.48. The van der Waals surface area contributed by atoms with E-state index in [9.17, 15) is 0 Å². The molecule has 2 aromatic rings. The first kappa shape index (κ1) is 16.4. The van der Waals surface area contributed by atoms with E-state index in [0.29, 0.717) is 11.3 Å². The smallest absolute Gasteiger partial charge is 0.0590 e. The van der Waals surface area contributed by atoms with Crippen molar-refractivity contribution >= 4 is 11.8 Å². The Morgan fingerprint density at radius 2 is 1.74 bits per heavy atom. The van der Waals surface area contributed by atoms with Crippen LogP contribution in [0, 0.1) is 0 Å². The minimum Gasteiger partial charge on any atom is -0.302 e. The standard InChI is InChI=1S/C21H25NS/c1-3-5-14-20-18(4-2)22-21(16-11-7-6-8-12-16)17-13-9-10-15-19(17)23-20/h5-15,18,20-22H,3-4H2,1-2H3/b14-5+. The van der Waals surface area contributed by atoms with E-state index in [-0.39, 0.29) is 6.04 Å². The van der Waals surface area contributed by atoms with Crippen LogP contribution in [0.15, 0.2) is 71.6 Å². The number of thioether (sulfide) groups is 1. The van der Waals surface area contributed by atoms with Crippen LogP contribution < -0.4 is 5.32 Å². The molecule has 1 aliphatic rings. The van der Waals surface area contributed by atoms with Gasteiger partial charge in [0.05, 0.1) is 6.04 Å². The molecule has 23 heavy (non-hydrogen) atoms. The number of hydrogen-bond donors (Lipinski definition) is 1.